The lowest BCUT2D eigenvalue weighted by Crippen LogP contribution is -2.37. The molecule has 3 heterocycles. The molecule has 2 aromatic heterocycles. The Morgan fingerprint density at radius 3 is 2.53 bits per heavy atom. The number of imidazole rings is 1. The molecule has 0 aliphatic carbocycles. The Labute approximate surface area is 200 Å². The lowest BCUT2D eigenvalue weighted by molar-refractivity contribution is -0.137. The minimum absolute atomic E-state index is 0.0913. The first-order valence-corrected chi connectivity index (χ1v) is 11.2. The van der Waals surface area contributed by atoms with Gasteiger partial charge in [0.25, 0.3) is 0 Å². The molecule has 4 rings (SSSR count). The standard InChI is InChI=1S/C23H25F3N6OS/c1-14-12-31(13-28-14)19-8-7-18(29-22(19)33-2)21(27)30-32-10-9-16(11-20(32)34)15-3-5-17(6-4-15)23(24,25)26/h3-8,12-13,16,20,34H,9-11H2,1-2H3,(H2,27,30). The predicted molar refractivity (Wildman–Crippen MR) is 126 cm³/mol. The number of hydrogen-bond donors (Lipinski definition) is 2. The summed E-state index contributed by atoms with van der Waals surface area (Å²) in [7, 11) is 1.53. The molecule has 180 valence electrons. The number of aromatic nitrogens is 3. The Kier molecular flexibility index (Phi) is 6.74. The van der Waals surface area contributed by atoms with Gasteiger partial charge in [-0.05, 0) is 55.5 Å². The maximum absolute atomic E-state index is 12.8. The van der Waals surface area contributed by atoms with E-state index in [1.54, 1.807) is 29.5 Å². The summed E-state index contributed by atoms with van der Waals surface area (Å²) in [5.41, 5.74) is 8.51. The van der Waals surface area contributed by atoms with Gasteiger partial charge >= 0.3 is 6.18 Å². The maximum atomic E-state index is 12.8. The van der Waals surface area contributed by atoms with Crippen molar-refractivity contribution in [1.29, 1.82) is 0 Å². The Morgan fingerprint density at radius 1 is 1.21 bits per heavy atom. The van der Waals surface area contributed by atoms with E-state index in [9.17, 15) is 13.2 Å². The van der Waals surface area contributed by atoms with Crippen molar-refractivity contribution in [2.24, 2.45) is 10.8 Å². The third kappa shape index (κ3) is 5.14. The number of ether oxygens (including phenoxy) is 1. The highest BCUT2D eigenvalue weighted by atomic mass is 32.1. The summed E-state index contributed by atoms with van der Waals surface area (Å²) < 4.78 is 45.7. The fourth-order valence-electron chi connectivity index (χ4n) is 3.96. The highest BCUT2D eigenvalue weighted by molar-refractivity contribution is 7.80. The number of rotatable bonds is 5. The number of methoxy groups -OCH3 is 1. The molecule has 2 N–H and O–H groups in total. The number of hydrogen-bond acceptors (Lipinski definition) is 6. The summed E-state index contributed by atoms with van der Waals surface area (Å²) in [6, 6.07) is 8.92. The van der Waals surface area contributed by atoms with Crippen LogP contribution in [0.1, 0.15) is 41.3 Å². The van der Waals surface area contributed by atoms with E-state index in [-0.39, 0.29) is 17.1 Å². The van der Waals surface area contributed by atoms with E-state index in [2.05, 4.69) is 27.7 Å². The highest BCUT2D eigenvalue weighted by Gasteiger charge is 2.31. The van der Waals surface area contributed by atoms with Gasteiger partial charge < -0.3 is 15.0 Å². The lowest BCUT2D eigenvalue weighted by atomic mass is 9.89. The van der Waals surface area contributed by atoms with Gasteiger partial charge in [0.2, 0.25) is 5.88 Å². The number of benzene rings is 1. The first kappa shape index (κ1) is 23.9. The van der Waals surface area contributed by atoms with E-state index in [1.165, 1.54) is 7.11 Å². The zero-order valence-corrected chi connectivity index (χ0v) is 19.6. The van der Waals surface area contributed by atoms with Crippen LogP contribution in [-0.2, 0) is 6.18 Å². The molecule has 0 amide bonds. The SMILES string of the molecule is COc1nc(C(N)=NN2CCC(c3ccc(C(F)(F)F)cc3)CC2S)ccc1-n1cnc(C)c1. The molecule has 2 unspecified atom stereocenters. The third-order valence-electron chi connectivity index (χ3n) is 5.78. The van der Waals surface area contributed by atoms with Gasteiger partial charge in [0.05, 0.1) is 30.1 Å². The Bertz CT molecular complexity index is 1180. The highest BCUT2D eigenvalue weighted by Crippen LogP contribution is 2.35. The van der Waals surface area contributed by atoms with Crippen molar-refractivity contribution >= 4 is 18.5 Å². The Balaban J connectivity index is 1.46. The molecule has 0 bridgehead atoms. The number of piperidine rings is 1. The summed E-state index contributed by atoms with van der Waals surface area (Å²) in [4.78, 5) is 8.71. The number of amidine groups is 1. The van der Waals surface area contributed by atoms with Crippen LogP contribution in [0.3, 0.4) is 0 Å². The van der Waals surface area contributed by atoms with Crippen molar-refractivity contribution in [2.75, 3.05) is 13.7 Å². The van der Waals surface area contributed by atoms with Crippen LogP contribution in [0, 0.1) is 6.92 Å². The van der Waals surface area contributed by atoms with E-state index in [4.69, 9.17) is 10.5 Å². The smallest absolute Gasteiger partial charge is 0.416 e. The lowest BCUT2D eigenvalue weighted by Gasteiger charge is -2.35. The van der Waals surface area contributed by atoms with Crippen molar-refractivity contribution in [2.45, 2.75) is 37.2 Å². The number of nitrogens with two attached hydrogens (primary N) is 1. The average molecular weight is 491 g/mol. The minimum atomic E-state index is -4.34. The van der Waals surface area contributed by atoms with Crippen LogP contribution in [-0.4, -0.2) is 44.4 Å². The summed E-state index contributed by atoms with van der Waals surface area (Å²) in [5, 5.41) is 6.05. The van der Waals surface area contributed by atoms with Gasteiger partial charge in [-0.1, -0.05) is 12.1 Å². The van der Waals surface area contributed by atoms with Crippen LogP contribution >= 0.6 is 12.6 Å². The van der Waals surface area contributed by atoms with E-state index in [0.29, 0.717) is 24.5 Å². The summed E-state index contributed by atoms with van der Waals surface area (Å²) >= 11 is 4.65. The topological polar surface area (TPSA) is 81.6 Å². The second kappa shape index (κ2) is 9.57. The van der Waals surface area contributed by atoms with E-state index >= 15 is 0 Å². The fourth-order valence-corrected chi connectivity index (χ4v) is 4.38. The zero-order valence-electron chi connectivity index (χ0n) is 18.7. The van der Waals surface area contributed by atoms with Crippen molar-refractivity contribution in [3.63, 3.8) is 0 Å². The molecule has 0 spiro atoms. The van der Waals surface area contributed by atoms with Crippen LogP contribution in [0.4, 0.5) is 13.2 Å². The van der Waals surface area contributed by atoms with Crippen molar-refractivity contribution in [3.8, 4) is 11.6 Å². The molecular weight excluding hydrogens is 465 g/mol. The van der Waals surface area contributed by atoms with Gasteiger partial charge in [-0.3, -0.25) is 5.01 Å². The molecule has 2 atom stereocenters. The number of aryl methyl sites for hydroxylation is 1. The molecule has 34 heavy (non-hydrogen) atoms. The van der Waals surface area contributed by atoms with Gasteiger partial charge in [-0.25, -0.2) is 9.97 Å². The average Bonchev–Trinajstić information content (AvgIpc) is 3.25. The summed E-state index contributed by atoms with van der Waals surface area (Å²) in [6.07, 6.45) is 0.546. The number of halogens is 3. The van der Waals surface area contributed by atoms with Crippen LogP contribution in [0.25, 0.3) is 5.69 Å². The second-order valence-electron chi connectivity index (χ2n) is 8.12. The number of alkyl halides is 3. The molecule has 1 aliphatic rings. The molecule has 3 aromatic rings. The molecule has 11 heteroatoms. The van der Waals surface area contributed by atoms with Crippen LogP contribution in [0.2, 0.25) is 0 Å². The van der Waals surface area contributed by atoms with Gasteiger partial charge in [0, 0.05) is 12.7 Å². The van der Waals surface area contributed by atoms with Crippen molar-refractivity contribution in [3.05, 3.63) is 71.4 Å². The third-order valence-corrected chi connectivity index (χ3v) is 6.25. The monoisotopic (exact) mass is 490 g/mol. The summed E-state index contributed by atoms with van der Waals surface area (Å²) in [5.74, 6) is 0.698. The quantitative estimate of drug-likeness (QED) is 0.316. The molecule has 1 aromatic carbocycles. The molecule has 7 nitrogen and oxygen atoms in total. The van der Waals surface area contributed by atoms with Gasteiger partial charge in [0.15, 0.2) is 5.84 Å². The number of pyridine rings is 1. The van der Waals surface area contributed by atoms with E-state index in [1.807, 2.05) is 23.8 Å². The fraction of sp³-hybridized carbons (Fsp3) is 0.348. The normalized spacial score (nSPS) is 19.4. The van der Waals surface area contributed by atoms with Crippen LogP contribution in [0.15, 0.2) is 54.0 Å². The van der Waals surface area contributed by atoms with E-state index in [0.717, 1.165) is 35.5 Å². The Morgan fingerprint density at radius 2 is 1.94 bits per heavy atom. The van der Waals surface area contributed by atoms with Gasteiger partial charge in [0.1, 0.15) is 11.4 Å². The first-order chi connectivity index (χ1) is 16.2. The largest absolute Gasteiger partial charge is 0.479 e. The number of thiol groups is 1. The number of hydrazone groups is 1. The predicted octanol–water partition coefficient (Wildman–Crippen LogP) is 4.36. The second-order valence-corrected chi connectivity index (χ2v) is 8.71. The van der Waals surface area contributed by atoms with Gasteiger partial charge in [-0.2, -0.15) is 30.9 Å². The maximum Gasteiger partial charge on any atom is 0.416 e. The summed E-state index contributed by atoms with van der Waals surface area (Å²) in [6.45, 7) is 2.45. The molecule has 1 fully saturated rings. The molecule has 1 aliphatic heterocycles. The van der Waals surface area contributed by atoms with Crippen LogP contribution in [0.5, 0.6) is 5.88 Å². The zero-order chi connectivity index (χ0) is 24.5. The molecule has 0 saturated carbocycles. The Hall–Kier alpha value is -3.21. The minimum Gasteiger partial charge on any atom is -0.479 e. The van der Waals surface area contributed by atoms with Gasteiger partial charge in [-0.15, -0.1) is 0 Å². The molecular formula is C23H25F3N6OS. The number of nitrogens with zero attached hydrogens (tertiary/aromatic N) is 5. The molecule has 0 radical (unpaired) electrons. The van der Waals surface area contributed by atoms with Crippen LogP contribution < -0.4 is 10.5 Å². The van der Waals surface area contributed by atoms with E-state index < -0.39 is 11.7 Å². The molecule has 1 saturated heterocycles. The van der Waals surface area contributed by atoms with Crippen molar-refractivity contribution < 1.29 is 17.9 Å². The first-order valence-electron chi connectivity index (χ1n) is 10.7. The van der Waals surface area contributed by atoms with Crippen molar-refractivity contribution in [1.82, 2.24) is 19.5 Å².